The summed E-state index contributed by atoms with van der Waals surface area (Å²) in [6.45, 7) is 5.11. The fourth-order valence-electron chi connectivity index (χ4n) is 2.03. The van der Waals surface area contributed by atoms with E-state index < -0.39 is 15.8 Å². The van der Waals surface area contributed by atoms with Crippen molar-refractivity contribution >= 4 is 27.2 Å². The number of halogens is 1. The van der Waals surface area contributed by atoms with Crippen LogP contribution in [0.2, 0.25) is 0 Å². The molecule has 20 heavy (non-hydrogen) atoms. The van der Waals surface area contributed by atoms with Crippen molar-refractivity contribution in [3.63, 3.8) is 0 Å². The summed E-state index contributed by atoms with van der Waals surface area (Å²) in [5, 5.41) is 0. The zero-order valence-electron chi connectivity index (χ0n) is 12.0. The Morgan fingerprint density at radius 2 is 1.85 bits per heavy atom. The lowest BCUT2D eigenvalue weighted by molar-refractivity contribution is 0.444. The topological polar surface area (TPSA) is 63.4 Å². The van der Waals surface area contributed by atoms with Crippen molar-refractivity contribution in [2.24, 2.45) is 11.7 Å². The van der Waals surface area contributed by atoms with Gasteiger partial charge in [0, 0.05) is 19.5 Å². The van der Waals surface area contributed by atoms with Gasteiger partial charge in [0.25, 0.3) is 0 Å². The molecule has 1 unspecified atom stereocenters. The van der Waals surface area contributed by atoms with E-state index in [1.165, 1.54) is 23.5 Å². The summed E-state index contributed by atoms with van der Waals surface area (Å²) >= 11 is 4.85. The zero-order valence-corrected chi connectivity index (χ0v) is 13.6. The molecule has 0 amide bonds. The van der Waals surface area contributed by atoms with Crippen LogP contribution >= 0.6 is 12.2 Å². The lowest BCUT2D eigenvalue weighted by atomic mass is 10.1. The molecule has 0 bridgehead atoms. The first-order valence-corrected chi connectivity index (χ1v) is 7.94. The molecule has 0 aliphatic heterocycles. The lowest BCUT2D eigenvalue weighted by Gasteiger charge is -2.22. The van der Waals surface area contributed by atoms with Crippen molar-refractivity contribution in [2.75, 3.05) is 13.6 Å². The third kappa shape index (κ3) is 3.53. The molecule has 112 valence electrons. The first kappa shape index (κ1) is 17.0. The molecule has 0 radical (unpaired) electrons. The molecule has 1 atom stereocenters. The van der Waals surface area contributed by atoms with Crippen molar-refractivity contribution in [3.05, 3.63) is 29.1 Å². The Hall–Kier alpha value is -1.05. The van der Waals surface area contributed by atoms with Gasteiger partial charge in [0.2, 0.25) is 10.0 Å². The van der Waals surface area contributed by atoms with Crippen LogP contribution in [0.25, 0.3) is 0 Å². The summed E-state index contributed by atoms with van der Waals surface area (Å²) in [5.41, 5.74) is 6.28. The van der Waals surface area contributed by atoms with Crippen molar-refractivity contribution < 1.29 is 12.8 Å². The Bertz CT molecular complexity index is 606. The Labute approximate surface area is 124 Å². The molecular weight excluding hydrogens is 299 g/mol. The summed E-state index contributed by atoms with van der Waals surface area (Å²) < 4.78 is 39.6. The molecule has 1 aromatic rings. The minimum absolute atomic E-state index is 0.136. The second-order valence-electron chi connectivity index (χ2n) is 4.96. The van der Waals surface area contributed by atoms with E-state index in [4.69, 9.17) is 18.0 Å². The van der Waals surface area contributed by atoms with Crippen LogP contribution in [-0.4, -0.2) is 31.3 Å². The normalized spacial score (nSPS) is 13.5. The number of sulfonamides is 1. The van der Waals surface area contributed by atoms with E-state index in [0.717, 1.165) is 0 Å². The molecule has 1 rings (SSSR count). The van der Waals surface area contributed by atoms with Crippen LogP contribution in [0.15, 0.2) is 17.0 Å². The van der Waals surface area contributed by atoms with Gasteiger partial charge >= 0.3 is 0 Å². The number of rotatable bonds is 5. The Morgan fingerprint density at radius 1 is 1.40 bits per heavy atom. The first-order chi connectivity index (χ1) is 9.07. The van der Waals surface area contributed by atoms with Gasteiger partial charge in [0.15, 0.2) is 0 Å². The second-order valence-corrected chi connectivity index (χ2v) is 7.41. The number of nitrogens with zero attached hydrogens (tertiary/aromatic N) is 1. The van der Waals surface area contributed by atoms with E-state index in [9.17, 15) is 12.8 Å². The molecule has 4 nitrogen and oxygen atoms in total. The van der Waals surface area contributed by atoms with E-state index in [2.05, 4.69) is 0 Å². The Balaban J connectivity index is 3.21. The molecular formula is C13H19FN2O2S2. The van der Waals surface area contributed by atoms with Crippen LogP contribution in [0.1, 0.15) is 18.1 Å². The standard InChI is InChI=1S/C13H19FN2O2S2/c1-8-5-11(14)6-9(2)12(8)20(17,18)16(4)7-10(3)13(15)19/h5-6,10H,7H2,1-4H3,(H2,15,19). The van der Waals surface area contributed by atoms with Crippen LogP contribution in [0.3, 0.4) is 0 Å². The van der Waals surface area contributed by atoms with E-state index in [-0.39, 0.29) is 22.3 Å². The number of thiocarbonyl (C=S) groups is 1. The van der Waals surface area contributed by atoms with Gasteiger partial charge in [-0.05, 0) is 37.1 Å². The molecule has 7 heteroatoms. The van der Waals surface area contributed by atoms with Gasteiger partial charge in [-0.1, -0.05) is 19.1 Å². The molecule has 0 spiro atoms. The van der Waals surface area contributed by atoms with Crippen molar-refractivity contribution in [1.29, 1.82) is 0 Å². The number of nitrogens with two attached hydrogens (primary N) is 1. The van der Waals surface area contributed by atoms with Crippen molar-refractivity contribution in [1.82, 2.24) is 4.31 Å². The number of hydrogen-bond acceptors (Lipinski definition) is 3. The molecule has 0 aliphatic carbocycles. The predicted molar refractivity (Wildman–Crippen MR) is 81.6 cm³/mol. The predicted octanol–water partition coefficient (Wildman–Crippen LogP) is 1.99. The highest BCUT2D eigenvalue weighted by Gasteiger charge is 2.26. The first-order valence-electron chi connectivity index (χ1n) is 6.09. The van der Waals surface area contributed by atoms with Crippen LogP contribution < -0.4 is 5.73 Å². The molecule has 2 N–H and O–H groups in total. The molecule has 0 aliphatic rings. The third-order valence-electron chi connectivity index (χ3n) is 3.11. The van der Waals surface area contributed by atoms with Gasteiger partial charge in [0.1, 0.15) is 5.82 Å². The maximum absolute atomic E-state index is 13.3. The van der Waals surface area contributed by atoms with Gasteiger partial charge in [0.05, 0.1) is 9.88 Å². The van der Waals surface area contributed by atoms with Crippen LogP contribution in [0.4, 0.5) is 4.39 Å². The molecule has 1 aromatic carbocycles. The third-order valence-corrected chi connectivity index (χ3v) is 5.64. The smallest absolute Gasteiger partial charge is 0.243 e. The SMILES string of the molecule is Cc1cc(F)cc(C)c1S(=O)(=O)N(C)CC(C)C(N)=S. The number of aryl methyl sites for hydroxylation is 2. The van der Waals surface area contributed by atoms with Gasteiger partial charge in [-0.2, -0.15) is 0 Å². The summed E-state index contributed by atoms with van der Waals surface area (Å²) in [5.74, 6) is -0.677. The van der Waals surface area contributed by atoms with Gasteiger partial charge in [-0.3, -0.25) is 0 Å². The van der Waals surface area contributed by atoms with Crippen molar-refractivity contribution in [3.8, 4) is 0 Å². The number of benzene rings is 1. The fraction of sp³-hybridized carbons (Fsp3) is 0.462. The van der Waals surface area contributed by atoms with E-state index in [1.807, 2.05) is 0 Å². The fourth-order valence-corrected chi connectivity index (χ4v) is 3.77. The van der Waals surface area contributed by atoms with Gasteiger partial charge in [-0.15, -0.1) is 0 Å². The summed E-state index contributed by atoms with van der Waals surface area (Å²) in [6.07, 6.45) is 0. The molecule has 0 saturated heterocycles. The Kier molecular flexibility index (Phi) is 5.23. The molecule has 0 fully saturated rings. The minimum atomic E-state index is -3.69. The lowest BCUT2D eigenvalue weighted by Crippen LogP contribution is -2.36. The summed E-state index contributed by atoms with van der Waals surface area (Å²) in [6, 6.07) is 2.43. The average molecular weight is 318 g/mol. The van der Waals surface area contributed by atoms with Crippen molar-refractivity contribution in [2.45, 2.75) is 25.7 Å². The highest BCUT2D eigenvalue weighted by atomic mass is 32.2. The monoisotopic (exact) mass is 318 g/mol. The minimum Gasteiger partial charge on any atom is -0.393 e. The van der Waals surface area contributed by atoms with E-state index >= 15 is 0 Å². The van der Waals surface area contributed by atoms with Gasteiger partial charge < -0.3 is 5.73 Å². The Morgan fingerprint density at radius 3 is 2.25 bits per heavy atom. The molecule has 0 heterocycles. The second kappa shape index (κ2) is 6.15. The van der Waals surface area contributed by atoms with Gasteiger partial charge in [-0.25, -0.2) is 17.1 Å². The maximum atomic E-state index is 13.3. The number of hydrogen-bond donors (Lipinski definition) is 1. The quantitative estimate of drug-likeness (QED) is 0.843. The van der Waals surface area contributed by atoms with Crippen LogP contribution in [0.5, 0.6) is 0 Å². The largest absolute Gasteiger partial charge is 0.393 e. The summed E-state index contributed by atoms with van der Waals surface area (Å²) in [7, 11) is -2.23. The summed E-state index contributed by atoms with van der Waals surface area (Å²) in [4.78, 5) is 0.399. The maximum Gasteiger partial charge on any atom is 0.243 e. The highest BCUT2D eigenvalue weighted by Crippen LogP contribution is 2.24. The van der Waals surface area contributed by atoms with E-state index in [0.29, 0.717) is 11.1 Å². The van der Waals surface area contributed by atoms with Crippen LogP contribution in [0, 0.1) is 25.6 Å². The highest BCUT2D eigenvalue weighted by molar-refractivity contribution is 7.89. The molecule has 0 aromatic heterocycles. The van der Waals surface area contributed by atoms with Crippen LogP contribution in [-0.2, 0) is 10.0 Å². The molecule has 0 saturated carbocycles. The average Bonchev–Trinajstić information content (AvgIpc) is 2.26. The van der Waals surface area contributed by atoms with E-state index in [1.54, 1.807) is 20.8 Å². The zero-order chi connectivity index (χ0) is 15.7.